The number of hydrogen-bond acceptors (Lipinski definition) is 2. The molecule has 0 amide bonds. The minimum absolute atomic E-state index is 0.313. The van der Waals surface area contributed by atoms with Crippen molar-refractivity contribution in [2.45, 2.75) is 6.61 Å². The third kappa shape index (κ3) is 4.79. The van der Waals surface area contributed by atoms with Gasteiger partial charge in [-0.15, -0.1) is 0 Å². The van der Waals surface area contributed by atoms with Gasteiger partial charge in [-0.1, -0.05) is 30.3 Å². The summed E-state index contributed by atoms with van der Waals surface area (Å²) in [5.74, 6) is 0. The highest BCUT2D eigenvalue weighted by Gasteiger charge is 1.91. The highest BCUT2D eigenvalue weighted by Crippen LogP contribution is 1.99. The number of nitrogens with one attached hydrogen (secondary N) is 1. The zero-order chi connectivity index (χ0) is 10.2. The molecule has 0 heterocycles. The van der Waals surface area contributed by atoms with E-state index in [1.54, 1.807) is 0 Å². The van der Waals surface area contributed by atoms with E-state index in [1.165, 1.54) is 5.56 Å². The fourth-order valence-corrected chi connectivity index (χ4v) is 1.11. The number of rotatable bonds is 5. The second-order valence-corrected chi connectivity index (χ2v) is 3.27. The molecule has 1 aromatic rings. The second kappa shape index (κ2) is 6.34. The standard InChI is InChI=1S/C10H14N2OS/c11-10(14)12-6-7-13-8-9-4-2-1-3-5-9/h1-5H,6-8H2,(H3,11,12,14). The van der Waals surface area contributed by atoms with Crippen molar-refractivity contribution < 1.29 is 4.74 Å². The lowest BCUT2D eigenvalue weighted by molar-refractivity contribution is 0.125. The van der Waals surface area contributed by atoms with Crippen molar-refractivity contribution in [3.63, 3.8) is 0 Å². The van der Waals surface area contributed by atoms with Gasteiger partial charge in [0.05, 0.1) is 13.2 Å². The Morgan fingerprint density at radius 3 is 2.71 bits per heavy atom. The second-order valence-electron chi connectivity index (χ2n) is 2.83. The maximum absolute atomic E-state index is 5.39. The van der Waals surface area contributed by atoms with Gasteiger partial charge in [-0.05, 0) is 17.8 Å². The van der Waals surface area contributed by atoms with Gasteiger partial charge in [0, 0.05) is 6.54 Å². The van der Waals surface area contributed by atoms with Crippen LogP contribution in [-0.2, 0) is 11.3 Å². The first kappa shape index (κ1) is 10.9. The highest BCUT2D eigenvalue weighted by molar-refractivity contribution is 7.80. The molecule has 0 atom stereocenters. The van der Waals surface area contributed by atoms with Crippen LogP contribution < -0.4 is 11.1 Å². The van der Waals surface area contributed by atoms with Crippen LogP contribution in [0.15, 0.2) is 30.3 Å². The van der Waals surface area contributed by atoms with Crippen molar-refractivity contribution in [3.8, 4) is 0 Å². The molecule has 1 aromatic carbocycles. The van der Waals surface area contributed by atoms with E-state index in [-0.39, 0.29) is 0 Å². The Kier molecular flexibility index (Phi) is 4.96. The Morgan fingerprint density at radius 2 is 2.07 bits per heavy atom. The van der Waals surface area contributed by atoms with Crippen LogP contribution in [0.2, 0.25) is 0 Å². The fraction of sp³-hybridized carbons (Fsp3) is 0.300. The van der Waals surface area contributed by atoms with Gasteiger partial charge >= 0.3 is 0 Å². The van der Waals surface area contributed by atoms with Crippen molar-refractivity contribution in [3.05, 3.63) is 35.9 Å². The third-order valence-corrected chi connectivity index (χ3v) is 1.80. The minimum atomic E-state index is 0.313. The molecule has 3 N–H and O–H groups in total. The van der Waals surface area contributed by atoms with Gasteiger partial charge in [0.2, 0.25) is 0 Å². The normalized spacial score (nSPS) is 9.71. The molecule has 0 spiro atoms. The van der Waals surface area contributed by atoms with Crippen LogP contribution in [0, 0.1) is 0 Å². The van der Waals surface area contributed by atoms with Crippen LogP contribution in [0.3, 0.4) is 0 Å². The summed E-state index contributed by atoms with van der Waals surface area (Å²) in [5.41, 5.74) is 6.42. The topological polar surface area (TPSA) is 47.3 Å². The molecule has 3 nitrogen and oxygen atoms in total. The molecular formula is C10H14N2OS. The van der Waals surface area contributed by atoms with E-state index >= 15 is 0 Å². The van der Waals surface area contributed by atoms with Crippen molar-refractivity contribution in [2.24, 2.45) is 5.73 Å². The van der Waals surface area contributed by atoms with Crippen molar-refractivity contribution >= 4 is 17.3 Å². The first-order valence-corrected chi connectivity index (χ1v) is 4.85. The van der Waals surface area contributed by atoms with E-state index in [1.807, 2.05) is 30.3 Å². The number of benzene rings is 1. The molecule has 4 heteroatoms. The Bertz CT molecular complexity index is 277. The van der Waals surface area contributed by atoms with Gasteiger partial charge in [0.25, 0.3) is 0 Å². The van der Waals surface area contributed by atoms with Crippen molar-refractivity contribution in [1.82, 2.24) is 5.32 Å². The van der Waals surface area contributed by atoms with E-state index < -0.39 is 0 Å². The maximum atomic E-state index is 5.39. The van der Waals surface area contributed by atoms with E-state index in [0.29, 0.717) is 24.9 Å². The Morgan fingerprint density at radius 1 is 1.36 bits per heavy atom. The lowest BCUT2D eigenvalue weighted by atomic mass is 10.2. The number of hydrogen-bond donors (Lipinski definition) is 2. The average Bonchev–Trinajstić information content (AvgIpc) is 2.18. The summed E-state index contributed by atoms with van der Waals surface area (Å²) in [5, 5.41) is 3.13. The number of thiocarbonyl (C=S) groups is 1. The molecule has 0 unspecified atom stereocenters. The summed E-state index contributed by atoms with van der Waals surface area (Å²) in [7, 11) is 0. The molecule has 14 heavy (non-hydrogen) atoms. The van der Waals surface area contributed by atoms with Gasteiger partial charge in [0.1, 0.15) is 0 Å². The Hall–Kier alpha value is -1.13. The molecule has 0 saturated heterocycles. The molecule has 0 radical (unpaired) electrons. The number of nitrogens with two attached hydrogens (primary N) is 1. The molecule has 0 fully saturated rings. The first-order valence-electron chi connectivity index (χ1n) is 4.44. The Labute approximate surface area is 89.3 Å². The Balaban J connectivity index is 2.08. The molecule has 0 saturated carbocycles. The van der Waals surface area contributed by atoms with Gasteiger partial charge in [-0.25, -0.2) is 0 Å². The van der Waals surface area contributed by atoms with Gasteiger partial charge < -0.3 is 15.8 Å². The predicted molar refractivity (Wildman–Crippen MR) is 60.9 cm³/mol. The monoisotopic (exact) mass is 210 g/mol. The summed E-state index contributed by atoms with van der Waals surface area (Å²) < 4.78 is 5.39. The minimum Gasteiger partial charge on any atom is -0.376 e. The van der Waals surface area contributed by atoms with Gasteiger partial charge in [-0.2, -0.15) is 0 Å². The van der Waals surface area contributed by atoms with Gasteiger partial charge in [-0.3, -0.25) is 0 Å². The molecular weight excluding hydrogens is 196 g/mol. The summed E-state index contributed by atoms with van der Waals surface area (Å²) >= 11 is 4.65. The predicted octanol–water partition coefficient (Wildman–Crippen LogP) is 1.04. The van der Waals surface area contributed by atoms with E-state index in [2.05, 4.69) is 17.5 Å². The highest BCUT2D eigenvalue weighted by atomic mass is 32.1. The van der Waals surface area contributed by atoms with E-state index in [0.717, 1.165) is 0 Å². The van der Waals surface area contributed by atoms with Crippen LogP contribution in [0.5, 0.6) is 0 Å². The first-order chi connectivity index (χ1) is 6.79. The van der Waals surface area contributed by atoms with Crippen LogP contribution >= 0.6 is 12.2 Å². The third-order valence-electron chi connectivity index (χ3n) is 1.66. The van der Waals surface area contributed by atoms with E-state index in [9.17, 15) is 0 Å². The lowest BCUT2D eigenvalue weighted by Crippen LogP contribution is -2.31. The molecule has 0 aliphatic rings. The van der Waals surface area contributed by atoms with Crippen LogP contribution in [0.1, 0.15) is 5.56 Å². The van der Waals surface area contributed by atoms with Crippen LogP contribution in [0.4, 0.5) is 0 Å². The summed E-state index contributed by atoms with van der Waals surface area (Å²) in [6.45, 7) is 1.88. The molecule has 0 aromatic heterocycles. The average molecular weight is 210 g/mol. The van der Waals surface area contributed by atoms with E-state index in [4.69, 9.17) is 10.5 Å². The van der Waals surface area contributed by atoms with Gasteiger partial charge in [0.15, 0.2) is 5.11 Å². The smallest absolute Gasteiger partial charge is 0.163 e. The molecule has 0 bridgehead atoms. The van der Waals surface area contributed by atoms with Crippen LogP contribution in [-0.4, -0.2) is 18.3 Å². The quantitative estimate of drug-likeness (QED) is 0.563. The SMILES string of the molecule is NC(=S)NCCOCc1ccccc1. The molecule has 0 aliphatic carbocycles. The molecule has 0 aliphatic heterocycles. The zero-order valence-corrected chi connectivity index (χ0v) is 8.72. The molecule has 76 valence electrons. The fourth-order valence-electron chi connectivity index (χ4n) is 1.01. The zero-order valence-electron chi connectivity index (χ0n) is 7.90. The summed E-state index contributed by atoms with van der Waals surface area (Å²) in [4.78, 5) is 0. The number of ether oxygens (including phenoxy) is 1. The maximum Gasteiger partial charge on any atom is 0.163 e. The lowest BCUT2D eigenvalue weighted by Gasteiger charge is -2.05. The summed E-state index contributed by atoms with van der Waals surface area (Å²) in [6.07, 6.45) is 0. The molecule has 1 rings (SSSR count). The largest absolute Gasteiger partial charge is 0.376 e. The summed E-state index contributed by atoms with van der Waals surface area (Å²) in [6, 6.07) is 10.0. The van der Waals surface area contributed by atoms with Crippen molar-refractivity contribution in [1.29, 1.82) is 0 Å². The van der Waals surface area contributed by atoms with Crippen molar-refractivity contribution in [2.75, 3.05) is 13.2 Å². The van der Waals surface area contributed by atoms with Crippen LogP contribution in [0.25, 0.3) is 0 Å².